The van der Waals surface area contributed by atoms with Crippen molar-refractivity contribution in [3.63, 3.8) is 0 Å². The minimum Gasteiger partial charge on any atom is -0.497 e. The summed E-state index contributed by atoms with van der Waals surface area (Å²) in [5.74, 6) is 0.971. The number of aromatic nitrogens is 4. The van der Waals surface area contributed by atoms with Crippen LogP contribution in [0.1, 0.15) is 15.9 Å². The highest BCUT2D eigenvalue weighted by Crippen LogP contribution is 2.34. The van der Waals surface area contributed by atoms with Crippen LogP contribution in [-0.4, -0.2) is 46.2 Å². The first-order chi connectivity index (χ1) is 15.8. The zero-order valence-electron chi connectivity index (χ0n) is 19.3. The number of amides is 1. The number of carbonyl (C=O) groups excluding carboxylic acids is 1. The average molecular weight is 447 g/mol. The number of methoxy groups -OCH3 is 1. The smallest absolute Gasteiger partial charge is 0.251 e. The van der Waals surface area contributed by atoms with Gasteiger partial charge in [-0.1, -0.05) is 0 Å². The molecule has 0 unspecified atom stereocenters. The second-order valence-corrected chi connectivity index (χ2v) is 8.02. The molecule has 0 saturated carbocycles. The van der Waals surface area contributed by atoms with Gasteiger partial charge in [0.2, 0.25) is 5.95 Å². The van der Waals surface area contributed by atoms with E-state index in [0.29, 0.717) is 11.5 Å². The summed E-state index contributed by atoms with van der Waals surface area (Å²) in [5.41, 5.74) is 3.48. The van der Waals surface area contributed by atoms with E-state index < -0.39 is 0 Å². The third kappa shape index (κ3) is 4.30. The molecule has 9 nitrogen and oxygen atoms in total. The van der Waals surface area contributed by atoms with Crippen LogP contribution in [0.5, 0.6) is 5.75 Å². The maximum absolute atomic E-state index is 12.7. The number of rotatable bonds is 6. The summed E-state index contributed by atoms with van der Waals surface area (Å²) in [7, 11) is 9.00. The van der Waals surface area contributed by atoms with Crippen LogP contribution in [0.4, 0.5) is 5.95 Å². The minimum atomic E-state index is -0.338. The summed E-state index contributed by atoms with van der Waals surface area (Å²) in [6.07, 6.45) is 5.31. The Morgan fingerprint density at radius 3 is 2.64 bits per heavy atom. The molecule has 3 aromatic heterocycles. The number of nitrogens with one attached hydrogen (secondary N) is 1. The van der Waals surface area contributed by atoms with E-state index in [1.807, 2.05) is 55.0 Å². The second kappa shape index (κ2) is 8.78. The summed E-state index contributed by atoms with van der Waals surface area (Å²) in [5, 5.41) is 3.87. The lowest BCUT2D eigenvalue weighted by atomic mass is 10.1. The summed E-state index contributed by atoms with van der Waals surface area (Å²) in [4.78, 5) is 35.6. The number of benzene rings is 1. The normalized spacial score (nSPS) is 10.9. The molecule has 4 aromatic rings. The third-order valence-electron chi connectivity index (χ3n) is 5.51. The van der Waals surface area contributed by atoms with E-state index in [2.05, 4.69) is 10.3 Å². The van der Waals surface area contributed by atoms with E-state index in [0.717, 1.165) is 33.5 Å². The fourth-order valence-corrected chi connectivity index (χ4v) is 3.63. The summed E-state index contributed by atoms with van der Waals surface area (Å²) in [6, 6.07) is 8.83. The van der Waals surface area contributed by atoms with Gasteiger partial charge in [-0.15, -0.1) is 0 Å². The largest absolute Gasteiger partial charge is 0.497 e. The van der Waals surface area contributed by atoms with Gasteiger partial charge in [-0.05, 0) is 24.3 Å². The van der Waals surface area contributed by atoms with Gasteiger partial charge in [-0.2, -0.15) is 0 Å². The van der Waals surface area contributed by atoms with Crippen LogP contribution in [0.2, 0.25) is 0 Å². The highest BCUT2D eigenvalue weighted by Gasteiger charge is 2.18. The van der Waals surface area contributed by atoms with Crippen molar-refractivity contribution >= 4 is 22.8 Å². The number of carbonyl (C=O) groups is 1. The predicted molar refractivity (Wildman–Crippen MR) is 128 cm³/mol. The van der Waals surface area contributed by atoms with Crippen LogP contribution < -0.4 is 20.5 Å². The second-order valence-electron chi connectivity index (χ2n) is 8.02. The Labute approximate surface area is 191 Å². The molecule has 0 aliphatic rings. The Morgan fingerprint density at radius 1 is 1.15 bits per heavy atom. The number of hydrogen-bond acceptors (Lipinski definition) is 6. The maximum Gasteiger partial charge on any atom is 0.251 e. The summed E-state index contributed by atoms with van der Waals surface area (Å²) < 4.78 is 8.87. The Morgan fingerprint density at radius 2 is 1.94 bits per heavy atom. The number of nitrogens with zero attached hydrogens (tertiary/aromatic N) is 5. The lowest BCUT2D eigenvalue weighted by Crippen LogP contribution is -2.26. The van der Waals surface area contributed by atoms with E-state index in [1.165, 1.54) is 10.6 Å². The van der Waals surface area contributed by atoms with Gasteiger partial charge in [-0.25, -0.2) is 9.97 Å². The molecule has 0 radical (unpaired) electrons. The molecule has 4 rings (SSSR count). The van der Waals surface area contributed by atoms with E-state index in [4.69, 9.17) is 9.72 Å². The highest BCUT2D eigenvalue weighted by atomic mass is 16.5. The van der Waals surface area contributed by atoms with Crippen LogP contribution in [0.15, 0.2) is 53.7 Å². The van der Waals surface area contributed by atoms with Crippen LogP contribution >= 0.6 is 0 Å². The van der Waals surface area contributed by atoms with E-state index >= 15 is 0 Å². The molecule has 0 atom stereocenters. The van der Waals surface area contributed by atoms with Gasteiger partial charge in [0.05, 0.1) is 12.8 Å². The van der Waals surface area contributed by atoms with Crippen molar-refractivity contribution in [2.45, 2.75) is 6.54 Å². The van der Waals surface area contributed by atoms with Crippen LogP contribution in [0, 0.1) is 0 Å². The number of pyridine rings is 1. The number of ether oxygens (including phenoxy) is 1. The van der Waals surface area contributed by atoms with Crippen molar-refractivity contribution in [2.24, 2.45) is 14.1 Å². The molecular weight excluding hydrogens is 420 g/mol. The SMILES string of the molecule is COc1ccc2c(c1)c(-c1nc(N(C)C)ncc1CNC(=O)c1ccn(C)c(=O)c1)cn2C. The topological polar surface area (TPSA) is 94.3 Å². The molecule has 3 heterocycles. The van der Waals surface area contributed by atoms with E-state index in [9.17, 15) is 9.59 Å². The molecular formula is C24H26N6O3. The standard InChI is InChI=1S/C24H26N6O3/c1-28(2)24-26-13-16(12-25-23(32)15-8-9-29(3)21(31)10-15)22(27-24)19-14-30(4)20-7-6-17(33-5)11-18(19)20/h6-11,13-14H,12H2,1-5H3,(H,25,32). The fourth-order valence-electron chi connectivity index (χ4n) is 3.63. The van der Waals surface area contributed by atoms with Crippen molar-refractivity contribution in [2.75, 3.05) is 26.1 Å². The fraction of sp³-hybridized carbons (Fsp3) is 0.250. The third-order valence-corrected chi connectivity index (χ3v) is 5.51. The van der Waals surface area contributed by atoms with Gasteiger partial charge in [0.1, 0.15) is 5.75 Å². The van der Waals surface area contributed by atoms with E-state index in [1.54, 1.807) is 32.6 Å². The molecule has 0 aliphatic carbocycles. The Hall–Kier alpha value is -4.14. The first-order valence-electron chi connectivity index (χ1n) is 10.4. The lowest BCUT2D eigenvalue weighted by molar-refractivity contribution is 0.0950. The molecule has 0 spiro atoms. The minimum absolute atomic E-state index is 0.206. The maximum atomic E-state index is 12.7. The molecule has 170 valence electrons. The van der Waals surface area contributed by atoms with Crippen molar-refractivity contribution in [1.82, 2.24) is 24.4 Å². The monoisotopic (exact) mass is 446 g/mol. The predicted octanol–water partition coefficient (Wildman–Crippen LogP) is 2.34. The van der Waals surface area contributed by atoms with Crippen molar-refractivity contribution in [3.05, 3.63) is 70.4 Å². The Bertz CT molecular complexity index is 1400. The van der Waals surface area contributed by atoms with Gasteiger partial charge < -0.3 is 24.1 Å². The van der Waals surface area contributed by atoms with Gasteiger partial charge in [0.25, 0.3) is 11.5 Å². The lowest BCUT2D eigenvalue weighted by Gasteiger charge is -2.15. The van der Waals surface area contributed by atoms with Crippen molar-refractivity contribution in [3.8, 4) is 17.0 Å². The molecule has 1 N–H and O–H groups in total. The zero-order chi connectivity index (χ0) is 23.7. The highest BCUT2D eigenvalue weighted by molar-refractivity contribution is 5.97. The summed E-state index contributed by atoms with van der Waals surface area (Å²) >= 11 is 0. The first kappa shape index (κ1) is 22.1. The van der Waals surface area contributed by atoms with Gasteiger partial charge in [-0.3, -0.25) is 9.59 Å². The molecule has 9 heteroatoms. The zero-order valence-corrected chi connectivity index (χ0v) is 19.3. The van der Waals surface area contributed by atoms with E-state index in [-0.39, 0.29) is 18.0 Å². The molecule has 0 saturated heterocycles. The average Bonchev–Trinajstić information content (AvgIpc) is 3.14. The number of aryl methyl sites for hydroxylation is 2. The van der Waals surface area contributed by atoms with Crippen LogP contribution in [0.3, 0.4) is 0 Å². The van der Waals surface area contributed by atoms with Crippen molar-refractivity contribution in [1.29, 1.82) is 0 Å². The molecule has 0 aliphatic heterocycles. The number of anilines is 1. The van der Waals surface area contributed by atoms with Crippen LogP contribution in [-0.2, 0) is 20.6 Å². The van der Waals surface area contributed by atoms with Gasteiger partial charge in [0, 0.05) is 87.0 Å². The molecule has 33 heavy (non-hydrogen) atoms. The summed E-state index contributed by atoms with van der Waals surface area (Å²) in [6.45, 7) is 0.206. The van der Waals surface area contributed by atoms with Crippen molar-refractivity contribution < 1.29 is 9.53 Å². The first-order valence-corrected chi connectivity index (χ1v) is 10.4. The van der Waals surface area contributed by atoms with Gasteiger partial charge >= 0.3 is 0 Å². The molecule has 0 fully saturated rings. The molecule has 0 bridgehead atoms. The Balaban J connectivity index is 1.75. The van der Waals surface area contributed by atoms with Gasteiger partial charge in [0.15, 0.2) is 0 Å². The number of hydrogen-bond donors (Lipinski definition) is 1. The molecule has 1 amide bonds. The number of fused-ring (bicyclic) bond motifs is 1. The molecule has 1 aromatic carbocycles. The quantitative estimate of drug-likeness (QED) is 0.489. The van der Waals surface area contributed by atoms with Crippen LogP contribution in [0.25, 0.3) is 22.2 Å². The Kier molecular flexibility index (Phi) is 5.87.